The molecule has 3 heteroatoms. The highest BCUT2D eigenvalue weighted by Crippen LogP contribution is 2.28. The molecule has 1 aromatic carbocycles. The normalized spacial score (nSPS) is 12.8. The van der Waals surface area contributed by atoms with Crippen LogP contribution in [0, 0.1) is 5.92 Å². The molecule has 1 N–H and O–H groups in total. The third-order valence-electron chi connectivity index (χ3n) is 2.50. The summed E-state index contributed by atoms with van der Waals surface area (Å²) in [4.78, 5) is 1.30. The maximum absolute atomic E-state index is 5.15. The number of hydrogen-bond acceptors (Lipinski definition) is 3. The third-order valence-corrected chi connectivity index (χ3v) is 4.05. The van der Waals surface area contributed by atoms with Crippen molar-refractivity contribution in [3.63, 3.8) is 0 Å². The van der Waals surface area contributed by atoms with Gasteiger partial charge in [-0.1, -0.05) is 13.8 Å². The second kappa shape index (κ2) is 6.81. The molecule has 0 aliphatic heterocycles. The summed E-state index contributed by atoms with van der Waals surface area (Å²) in [6, 6.07) is 8.27. The van der Waals surface area contributed by atoms with Crippen LogP contribution in [0.1, 0.15) is 13.8 Å². The van der Waals surface area contributed by atoms with Gasteiger partial charge in [0.2, 0.25) is 0 Å². The molecule has 1 atom stereocenters. The number of benzene rings is 1. The van der Waals surface area contributed by atoms with Crippen molar-refractivity contribution in [2.45, 2.75) is 24.0 Å². The van der Waals surface area contributed by atoms with Gasteiger partial charge in [0.1, 0.15) is 5.75 Å². The van der Waals surface area contributed by atoms with Crippen molar-refractivity contribution in [1.82, 2.24) is 5.32 Å². The molecule has 0 aliphatic carbocycles. The summed E-state index contributed by atoms with van der Waals surface area (Å²) in [7, 11) is 3.70. The first-order valence-corrected chi connectivity index (χ1v) is 6.50. The lowest BCUT2D eigenvalue weighted by Gasteiger charge is -2.20. The van der Waals surface area contributed by atoms with Gasteiger partial charge in [0.15, 0.2) is 0 Å². The van der Waals surface area contributed by atoms with E-state index in [0.29, 0.717) is 11.2 Å². The van der Waals surface area contributed by atoms with Crippen molar-refractivity contribution in [2.24, 2.45) is 5.92 Å². The van der Waals surface area contributed by atoms with Crippen LogP contribution in [0.15, 0.2) is 29.2 Å². The number of thioether (sulfide) groups is 1. The van der Waals surface area contributed by atoms with E-state index >= 15 is 0 Å². The van der Waals surface area contributed by atoms with Crippen molar-refractivity contribution >= 4 is 11.8 Å². The van der Waals surface area contributed by atoms with E-state index in [2.05, 4.69) is 31.3 Å². The van der Waals surface area contributed by atoms with Crippen LogP contribution in [-0.2, 0) is 0 Å². The average molecular weight is 239 g/mol. The van der Waals surface area contributed by atoms with E-state index in [-0.39, 0.29) is 0 Å². The van der Waals surface area contributed by atoms with E-state index in [0.717, 1.165) is 12.3 Å². The third kappa shape index (κ3) is 4.06. The second-order valence-electron chi connectivity index (χ2n) is 4.13. The van der Waals surface area contributed by atoms with E-state index in [1.165, 1.54) is 4.90 Å². The molecule has 2 nitrogen and oxygen atoms in total. The van der Waals surface area contributed by atoms with E-state index < -0.39 is 0 Å². The quantitative estimate of drug-likeness (QED) is 0.771. The largest absolute Gasteiger partial charge is 0.497 e. The maximum atomic E-state index is 5.15. The molecule has 0 saturated carbocycles. The average Bonchev–Trinajstić information content (AvgIpc) is 2.29. The predicted molar refractivity (Wildman–Crippen MR) is 71.4 cm³/mol. The Morgan fingerprint density at radius 2 is 1.88 bits per heavy atom. The molecule has 0 aliphatic rings. The molecule has 0 aromatic heterocycles. The van der Waals surface area contributed by atoms with Gasteiger partial charge in [-0.3, -0.25) is 0 Å². The topological polar surface area (TPSA) is 21.3 Å². The summed E-state index contributed by atoms with van der Waals surface area (Å²) in [5.41, 5.74) is 0. The minimum Gasteiger partial charge on any atom is -0.497 e. The molecule has 16 heavy (non-hydrogen) atoms. The molecule has 0 amide bonds. The number of nitrogens with one attached hydrogen (secondary N) is 1. The van der Waals surface area contributed by atoms with Crippen LogP contribution in [0.5, 0.6) is 5.75 Å². The Hall–Kier alpha value is -0.670. The maximum Gasteiger partial charge on any atom is 0.118 e. The molecule has 0 fully saturated rings. The van der Waals surface area contributed by atoms with Crippen LogP contribution in [0.3, 0.4) is 0 Å². The molecule has 1 rings (SSSR count). The smallest absolute Gasteiger partial charge is 0.118 e. The zero-order chi connectivity index (χ0) is 12.0. The van der Waals surface area contributed by atoms with Crippen LogP contribution in [0.25, 0.3) is 0 Å². The van der Waals surface area contributed by atoms with Crippen LogP contribution >= 0.6 is 11.8 Å². The van der Waals surface area contributed by atoms with Crippen LogP contribution in [0.4, 0.5) is 0 Å². The fourth-order valence-electron chi connectivity index (χ4n) is 1.44. The lowest BCUT2D eigenvalue weighted by Crippen LogP contribution is -2.25. The number of hydrogen-bond donors (Lipinski definition) is 1. The van der Waals surface area contributed by atoms with Gasteiger partial charge in [-0.25, -0.2) is 0 Å². The second-order valence-corrected chi connectivity index (χ2v) is 5.45. The minimum atomic E-state index is 0.610. The molecule has 0 spiro atoms. The van der Waals surface area contributed by atoms with Gasteiger partial charge in [0.05, 0.1) is 7.11 Å². The standard InChI is InChI=1S/C13H21NOS/c1-10(2)13(9-14-3)16-12-7-5-11(15-4)6-8-12/h5-8,10,13-14H,9H2,1-4H3. The molecule has 1 aromatic rings. The van der Waals surface area contributed by atoms with Gasteiger partial charge >= 0.3 is 0 Å². The zero-order valence-corrected chi connectivity index (χ0v) is 11.3. The fraction of sp³-hybridized carbons (Fsp3) is 0.538. The Bertz CT molecular complexity index is 297. The van der Waals surface area contributed by atoms with Crippen molar-refractivity contribution in [1.29, 1.82) is 0 Å². The van der Waals surface area contributed by atoms with Crippen LogP contribution in [-0.4, -0.2) is 26.0 Å². The molecule has 0 heterocycles. The Labute approximate surface area is 103 Å². The van der Waals surface area contributed by atoms with Gasteiger partial charge < -0.3 is 10.1 Å². The van der Waals surface area contributed by atoms with Crippen molar-refractivity contribution in [2.75, 3.05) is 20.7 Å². The molecule has 90 valence electrons. The van der Waals surface area contributed by atoms with E-state index in [9.17, 15) is 0 Å². The first kappa shape index (κ1) is 13.4. The SMILES string of the molecule is CNCC(Sc1ccc(OC)cc1)C(C)C. The summed E-state index contributed by atoms with van der Waals surface area (Å²) in [6.07, 6.45) is 0. The lowest BCUT2D eigenvalue weighted by atomic mass is 10.1. The Morgan fingerprint density at radius 1 is 1.25 bits per heavy atom. The predicted octanol–water partition coefficient (Wildman–Crippen LogP) is 3.03. The Balaban J connectivity index is 2.62. The van der Waals surface area contributed by atoms with Gasteiger partial charge in [0, 0.05) is 16.7 Å². The summed E-state index contributed by atoms with van der Waals surface area (Å²) < 4.78 is 5.15. The van der Waals surface area contributed by atoms with Gasteiger partial charge in [-0.2, -0.15) is 0 Å². The van der Waals surface area contributed by atoms with E-state index in [4.69, 9.17) is 4.74 Å². The van der Waals surface area contributed by atoms with Crippen molar-refractivity contribution in [3.8, 4) is 5.75 Å². The molecular weight excluding hydrogens is 218 g/mol. The first-order valence-electron chi connectivity index (χ1n) is 5.62. The molecule has 0 saturated heterocycles. The Kier molecular flexibility index (Phi) is 5.71. The summed E-state index contributed by atoms with van der Waals surface area (Å²) in [6.45, 7) is 5.56. The van der Waals surface area contributed by atoms with E-state index in [1.807, 2.05) is 30.9 Å². The highest BCUT2D eigenvalue weighted by Gasteiger charge is 2.13. The fourth-order valence-corrected chi connectivity index (χ4v) is 2.61. The zero-order valence-electron chi connectivity index (χ0n) is 10.5. The lowest BCUT2D eigenvalue weighted by molar-refractivity contribution is 0.414. The highest BCUT2D eigenvalue weighted by molar-refractivity contribution is 8.00. The Morgan fingerprint density at radius 3 is 2.31 bits per heavy atom. The van der Waals surface area contributed by atoms with Gasteiger partial charge in [-0.05, 0) is 37.2 Å². The number of ether oxygens (including phenoxy) is 1. The van der Waals surface area contributed by atoms with Crippen molar-refractivity contribution in [3.05, 3.63) is 24.3 Å². The van der Waals surface area contributed by atoms with Crippen LogP contribution < -0.4 is 10.1 Å². The molecule has 0 bridgehead atoms. The van der Waals surface area contributed by atoms with Crippen LogP contribution in [0.2, 0.25) is 0 Å². The molecular formula is C13H21NOS. The first-order chi connectivity index (χ1) is 7.67. The number of rotatable bonds is 6. The van der Waals surface area contributed by atoms with Gasteiger partial charge in [-0.15, -0.1) is 11.8 Å². The minimum absolute atomic E-state index is 0.610. The van der Waals surface area contributed by atoms with Crippen molar-refractivity contribution < 1.29 is 4.74 Å². The summed E-state index contributed by atoms with van der Waals surface area (Å²) in [5, 5.41) is 3.86. The summed E-state index contributed by atoms with van der Waals surface area (Å²) in [5.74, 6) is 1.58. The highest BCUT2D eigenvalue weighted by atomic mass is 32.2. The van der Waals surface area contributed by atoms with Gasteiger partial charge in [0.25, 0.3) is 0 Å². The monoisotopic (exact) mass is 239 g/mol. The molecule has 0 radical (unpaired) electrons. The number of methoxy groups -OCH3 is 1. The van der Waals surface area contributed by atoms with E-state index in [1.54, 1.807) is 7.11 Å². The molecule has 1 unspecified atom stereocenters. The summed E-state index contributed by atoms with van der Waals surface area (Å²) >= 11 is 1.92.